The zero-order chi connectivity index (χ0) is 18.4. The molecule has 0 aliphatic rings. The Balaban J connectivity index is 1.98. The average molecular weight is 343 g/mol. The van der Waals surface area contributed by atoms with Crippen LogP contribution in [0, 0.1) is 5.82 Å². The molecular formula is C19H22FN3O2. The van der Waals surface area contributed by atoms with E-state index in [9.17, 15) is 14.0 Å². The maximum absolute atomic E-state index is 13.2. The lowest BCUT2D eigenvalue weighted by Crippen LogP contribution is -2.37. The van der Waals surface area contributed by atoms with Gasteiger partial charge in [-0.05, 0) is 42.5 Å². The predicted molar refractivity (Wildman–Crippen MR) is 97.5 cm³/mol. The zero-order valence-electron chi connectivity index (χ0n) is 14.6. The summed E-state index contributed by atoms with van der Waals surface area (Å²) in [6.45, 7) is 2.08. The quantitative estimate of drug-likeness (QED) is 0.877. The third-order valence-corrected chi connectivity index (χ3v) is 3.77. The lowest BCUT2D eigenvalue weighted by Gasteiger charge is -2.22. The van der Waals surface area contributed by atoms with E-state index in [1.807, 2.05) is 43.3 Å². The minimum atomic E-state index is -0.459. The number of benzene rings is 2. The van der Waals surface area contributed by atoms with Crippen LogP contribution in [0.1, 0.15) is 17.3 Å². The average Bonchev–Trinajstić information content (AvgIpc) is 2.58. The number of carbonyl (C=O) groups is 2. The van der Waals surface area contributed by atoms with Crippen LogP contribution in [0.3, 0.4) is 0 Å². The molecule has 0 atom stereocenters. The van der Waals surface area contributed by atoms with Crippen LogP contribution >= 0.6 is 0 Å². The SMILES string of the molecule is CC(=O)N(CCNC(=O)c1cccc(F)c1)c1ccc(N(C)C)cc1. The van der Waals surface area contributed by atoms with E-state index in [-0.39, 0.29) is 23.9 Å². The molecule has 0 bridgehead atoms. The first-order valence-electron chi connectivity index (χ1n) is 7.97. The second kappa shape index (κ2) is 8.28. The number of carbonyl (C=O) groups excluding carboxylic acids is 2. The molecule has 2 rings (SSSR count). The van der Waals surface area contributed by atoms with Gasteiger partial charge in [-0.15, -0.1) is 0 Å². The largest absolute Gasteiger partial charge is 0.378 e. The summed E-state index contributed by atoms with van der Waals surface area (Å²) in [5, 5.41) is 2.70. The van der Waals surface area contributed by atoms with E-state index in [4.69, 9.17) is 0 Å². The van der Waals surface area contributed by atoms with Crippen molar-refractivity contribution in [2.45, 2.75) is 6.92 Å². The van der Waals surface area contributed by atoms with Crippen molar-refractivity contribution in [3.63, 3.8) is 0 Å². The summed E-state index contributed by atoms with van der Waals surface area (Å²) in [7, 11) is 3.89. The topological polar surface area (TPSA) is 52.7 Å². The number of halogens is 1. The van der Waals surface area contributed by atoms with Crippen LogP contribution in [0.2, 0.25) is 0 Å². The zero-order valence-corrected chi connectivity index (χ0v) is 14.6. The summed E-state index contributed by atoms with van der Waals surface area (Å²) in [4.78, 5) is 27.5. The number of hydrogen-bond donors (Lipinski definition) is 1. The van der Waals surface area contributed by atoms with Crippen LogP contribution in [0.25, 0.3) is 0 Å². The van der Waals surface area contributed by atoms with Crippen molar-refractivity contribution < 1.29 is 14.0 Å². The fourth-order valence-corrected chi connectivity index (χ4v) is 2.41. The van der Waals surface area contributed by atoms with E-state index < -0.39 is 5.82 Å². The highest BCUT2D eigenvalue weighted by atomic mass is 19.1. The fourth-order valence-electron chi connectivity index (χ4n) is 2.41. The van der Waals surface area contributed by atoms with Gasteiger partial charge in [-0.1, -0.05) is 6.07 Å². The molecule has 0 heterocycles. The van der Waals surface area contributed by atoms with Crippen LogP contribution in [0.5, 0.6) is 0 Å². The van der Waals surface area contributed by atoms with Crippen molar-refractivity contribution in [2.24, 2.45) is 0 Å². The Kier molecular flexibility index (Phi) is 6.11. The third-order valence-electron chi connectivity index (χ3n) is 3.77. The molecule has 0 aliphatic carbocycles. The van der Waals surface area contributed by atoms with Crippen LogP contribution in [0.15, 0.2) is 48.5 Å². The molecular weight excluding hydrogens is 321 g/mol. The number of rotatable bonds is 6. The van der Waals surface area contributed by atoms with Crippen molar-refractivity contribution in [3.8, 4) is 0 Å². The molecule has 0 saturated heterocycles. The molecule has 0 spiro atoms. The molecule has 2 amide bonds. The first-order valence-corrected chi connectivity index (χ1v) is 7.97. The number of anilines is 2. The van der Waals surface area contributed by atoms with Gasteiger partial charge in [0.2, 0.25) is 5.91 Å². The van der Waals surface area contributed by atoms with Gasteiger partial charge in [0.15, 0.2) is 0 Å². The van der Waals surface area contributed by atoms with Gasteiger partial charge in [-0.3, -0.25) is 9.59 Å². The Bertz CT molecular complexity index is 745. The highest BCUT2D eigenvalue weighted by Crippen LogP contribution is 2.19. The van der Waals surface area contributed by atoms with E-state index in [2.05, 4.69) is 5.32 Å². The fraction of sp³-hybridized carbons (Fsp3) is 0.263. The van der Waals surface area contributed by atoms with Gasteiger partial charge in [0.25, 0.3) is 5.91 Å². The smallest absolute Gasteiger partial charge is 0.251 e. The Morgan fingerprint density at radius 2 is 1.68 bits per heavy atom. The van der Waals surface area contributed by atoms with Crippen LogP contribution < -0.4 is 15.1 Å². The number of hydrogen-bond acceptors (Lipinski definition) is 3. The lowest BCUT2D eigenvalue weighted by molar-refractivity contribution is -0.116. The van der Waals surface area contributed by atoms with Gasteiger partial charge < -0.3 is 15.1 Å². The lowest BCUT2D eigenvalue weighted by atomic mass is 10.2. The van der Waals surface area contributed by atoms with Crippen LogP contribution in [-0.2, 0) is 4.79 Å². The summed E-state index contributed by atoms with van der Waals surface area (Å²) in [6, 6.07) is 13.1. The van der Waals surface area contributed by atoms with Crippen molar-refractivity contribution in [3.05, 3.63) is 59.9 Å². The second-order valence-electron chi connectivity index (χ2n) is 5.85. The Morgan fingerprint density at radius 1 is 1.04 bits per heavy atom. The highest BCUT2D eigenvalue weighted by molar-refractivity contribution is 5.94. The van der Waals surface area contributed by atoms with Crippen molar-refractivity contribution >= 4 is 23.2 Å². The van der Waals surface area contributed by atoms with Gasteiger partial charge >= 0.3 is 0 Å². The normalized spacial score (nSPS) is 10.2. The van der Waals surface area contributed by atoms with E-state index in [0.29, 0.717) is 6.54 Å². The Labute approximate surface area is 147 Å². The first kappa shape index (κ1) is 18.4. The molecule has 0 aromatic heterocycles. The molecule has 132 valence electrons. The van der Waals surface area contributed by atoms with Gasteiger partial charge in [0.1, 0.15) is 5.82 Å². The summed E-state index contributed by atoms with van der Waals surface area (Å²) >= 11 is 0. The molecule has 5 nitrogen and oxygen atoms in total. The summed E-state index contributed by atoms with van der Waals surface area (Å²) in [6.07, 6.45) is 0. The predicted octanol–water partition coefficient (Wildman–Crippen LogP) is 2.67. The maximum Gasteiger partial charge on any atom is 0.251 e. The number of nitrogens with one attached hydrogen (secondary N) is 1. The van der Waals surface area contributed by atoms with E-state index in [1.54, 1.807) is 11.0 Å². The molecule has 0 fully saturated rings. The molecule has 0 unspecified atom stereocenters. The van der Waals surface area contributed by atoms with Crippen LogP contribution in [0.4, 0.5) is 15.8 Å². The molecule has 1 N–H and O–H groups in total. The molecule has 0 saturated carbocycles. The number of nitrogens with zero attached hydrogens (tertiary/aromatic N) is 2. The standard InChI is InChI=1S/C19H22FN3O2/c1-14(24)23(18-9-7-17(8-10-18)22(2)3)12-11-21-19(25)15-5-4-6-16(20)13-15/h4-10,13H,11-12H2,1-3H3,(H,21,25). The second-order valence-corrected chi connectivity index (χ2v) is 5.85. The van der Waals surface area contributed by atoms with E-state index in [0.717, 1.165) is 11.4 Å². The van der Waals surface area contributed by atoms with E-state index >= 15 is 0 Å². The highest BCUT2D eigenvalue weighted by Gasteiger charge is 2.13. The van der Waals surface area contributed by atoms with Gasteiger partial charge in [-0.25, -0.2) is 4.39 Å². The van der Waals surface area contributed by atoms with Crippen molar-refractivity contribution in [1.29, 1.82) is 0 Å². The molecule has 6 heteroatoms. The van der Waals surface area contributed by atoms with Crippen molar-refractivity contribution in [2.75, 3.05) is 37.0 Å². The molecule has 2 aromatic rings. The molecule has 25 heavy (non-hydrogen) atoms. The Hall–Kier alpha value is -2.89. The minimum absolute atomic E-state index is 0.113. The Morgan fingerprint density at radius 3 is 2.24 bits per heavy atom. The number of amides is 2. The summed E-state index contributed by atoms with van der Waals surface area (Å²) < 4.78 is 13.2. The minimum Gasteiger partial charge on any atom is -0.378 e. The summed E-state index contributed by atoms with van der Waals surface area (Å²) in [5.74, 6) is -0.942. The molecule has 0 radical (unpaired) electrons. The molecule has 2 aromatic carbocycles. The summed E-state index contributed by atoms with van der Waals surface area (Å²) in [5.41, 5.74) is 2.05. The van der Waals surface area contributed by atoms with E-state index in [1.165, 1.54) is 25.1 Å². The van der Waals surface area contributed by atoms with Gasteiger partial charge in [0, 0.05) is 51.0 Å². The van der Waals surface area contributed by atoms with Gasteiger partial charge in [-0.2, -0.15) is 0 Å². The molecule has 0 aliphatic heterocycles. The van der Waals surface area contributed by atoms with Crippen molar-refractivity contribution in [1.82, 2.24) is 5.32 Å². The third kappa shape index (κ3) is 5.04. The van der Waals surface area contributed by atoms with Gasteiger partial charge in [0.05, 0.1) is 0 Å². The monoisotopic (exact) mass is 343 g/mol. The maximum atomic E-state index is 13.2. The first-order chi connectivity index (χ1) is 11.9. The van der Waals surface area contributed by atoms with Crippen LogP contribution in [-0.4, -0.2) is 39.0 Å².